The molecule has 9 heteroatoms. The largest absolute Gasteiger partial charge is 0.367 e. The van der Waals surface area contributed by atoms with Crippen LogP contribution in [0.4, 0.5) is 14.5 Å². The number of anilines is 1. The van der Waals surface area contributed by atoms with E-state index in [2.05, 4.69) is 21.4 Å². The zero-order valence-corrected chi connectivity index (χ0v) is 19.8. The lowest BCUT2D eigenvalue weighted by molar-refractivity contribution is -0.128. The van der Waals surface area contributed by atoms with Crippen LogP contribution in [0, 0.1) is 18.2 Å². The van der Waals surface area contributed by atoms with E-state index < -0.39 is 11.6 Å². The van der Waals surface area contributed by atoms with Gasteiger partial charge in [0.05, 0.1) is 5.02 Å². The average molecular weight is 504 g/mol. The fraction of sp³-hybridized carbons (Fsp3) is 0.185. The third kappa shape index (κ3) is 3.91. The van der Waals surface area contributed by atoms with Gasteiger partial charge in [-0.1, -0.05) is 42.4 Å². The van der Waals surface area contributed by atoms with E-state index in [-0.39, 0.29) is 34.7 Å². The van der Waals surface area contributed by atoms with Crippen molar-refractivity contribution in [3.63, 3.8) is 0 Å². The molecule has 1 aliphatic rings. The van der Waals surface area contributed by atoms with Crippen LogP contribution in [0.2, 0.25) is 5.02 Å². The van der Waals surface area contributed by atoms with Crippen LogP contribution in [0.1, 0.15) is 0 Å². The first-order valence-electron chi connectivity index (χ1n) is 11.3. The molecule has 1 fully saturated rings. The molecule has 0 radical (unpaired) electrons. The summed E-state index contributed by atoms with van der Waals surface area (Å²) in [5, 5.41) is 1.45. The number of fused-ring (bicyclic) bond motifs is 2. The highest BCUT2D eigenvalue weighted by Crippen LogP contribution is 2.38. The van der Waals surface area contributed by atoms with Crippen LogP contribution < -0.4 is 4.90 Å². The maximum Gasteiger partial charge on any atom is 0.246 e. The van der Waals surface area contributed by atoms with Crippen molar-refractivity contribution in [2.45, 2.75) is 6.04 Å². The van der Waals surface area contributed by atoms with Gasteiger partial charge in [-0.15, -0.1) is 0 Å². The van der Waals surface area contributed by atoms with Crippen molar-refractivity contribution in [2.24, 2.45) is 0 Å². The number of nitrogens with zero attached hydrogens (tertiary/aromatic N) is 5. The Bertz CT molecular complexity index is 1570. The average Bonchev–Trinajstić information content (AvgIpc) is 2.90. The molecule has 2 aromatic heterocycles. The first-order valence-corrected chi connectivity index (χ1v) is 11.6. The molecule has 2 aromatic carbocycles. The van der Waals surface area contributed by atoms with Gasteiger partial charge in [-0.05, 0) is 23.6 Å². The molecule has 36 heavy (non-hydrogen) atoms. The molecule has 0 saturated carbocycles. The van der Waals surface area contributed by atoms with Crippen LogP contribution in [0.15, 0.2) is 61.4 Å². The molecule has 0 unspecified atom stereocenters. The Balaban J connectivity index is 1.59. The van der Waals surface area contributed by atoms with E-state index in [0.29, 0.717) is 47.0 Å². The number of benzene rings is 2. The Hall–Kier alpha value is -4.09. The number of halogens is 3. The second-order valence-corrected chi connectivity index (χ2v) is 8.83. The summed E-state index contributed by atoms with van der Waals surface area (Å²) in [5.74, 6) is -1.45. The molecule has 1 saturated heterocycles. The summed E-state index contributed by atoms with van der Waals surface area (Å²) in [5.41, 5.74) is 1.23. The number of piperazine rings is 1. The van der Waals surface area contributed by atoms with E-state index in [4.69, 9.17) is 18.2 Å². The molecule has 6 nitrogen and oxygen atoms in total. The van der Waals surface area contributed by atoms with Crippen LogP contribution in [-0.2, 0) is 4.79 Å². The van der Waals surface area contributed by atoms with E-state index in [1.807, 2.05) is 4.90 Å². The van der Waals surface area contributed by atoms with Crippen molar-refractivity contribution < 1.29 is 13.6 Å². The highest BCUT2D eigenvalue weighted by atomic mass is 35.5. The third-order valence-electron chi connectivity index (χ3n) is 6.48. The molecular formula is C27H20ClF2N5O. The van der Waals surface area contributed by atoms with Gasteiger partial charge < -0.3 is 14.6 Å². The molecule has 180 valence electrons. The van der Waals surface area contributed by atoms with Gasteiger partial charge in [-0.3, -0.25) is 14.8 Å². The maximum absolute atomic E-state index is 15.9. The summed E-state index contributed by atoms with van der Waals surface area (Å²) >= 11 is 6.26. The van der Waals surface area contributed by atoms with Crippen molar-refractivity contribution in [1.82, 2.24) is 14.9 Å². The maximum atomic E-state index is 15.9. The topological polar surface area (TPSA) is 53.7 Å². The molecule has 1 aliphatic heterocycles. The van der Waals surface area contributed by atoms with Crippen LogP contribution >= 0.6 is 11.6 Å². The highest BCUT2D eigenvalue weighted by Gasteiger charge is 2.32. The molecule has 0 bridgehead atoms. The molecule has 0 spiro atoms. The predicted molar refractivity (Wildman–Crippen MR) is 137 cm³/mol. The lowest BCUT2D eigenvalue weighted by Crippen LogP contribution is -2.56. The minimum atomic E-state index is -0.639. The smallest absolute Gasteiger partial charge is 0.246 e. The van der Waals surface area contributed by atoms with E-state index in [1.54, 1.807) is 41.4 Å². The van der Waals surface area contributed by atoms with Gasteiger partial charge in [-0.2, -0.15) is 0 Å². The van der Waals surface area contributed by atoms with Gasteiger partial charge in [0.2, 0.25) is 12.5 Å². The van der Waals surface area contributed by atoms with Crippen molar-refractivity contribution in [3.05, 3.63) is 89.5 Å². The number of pyridine rings is 2. The number of hydrogen-bond acceptors (Lipinski definition) is 4. The lowest BCUT2D eigenvalue weighted by atomic mass is 10.00. The summed E-state index contributed by atoms with van der Waals surface area (Å²) < 4.78 is 30.1. The summed E-state index contributed by atoms with van der Waals surface area (Å²) in [7, 11) is 0. The quantitative estimate of drug-likeness (QED) is 0.272. The van der Waals surface area contributed by atoms with Gasteiger partial charge in [0.25, 0.3) is 0 Å². The summed E-state index contributed by atoms with van der Waals surface area (Å²) in [6, 6.07) is 9.47. The summed E-state index contributed by atoms with van der Waals surface area (Å²) in [6.07, 6.45) is 4.32. The lowest BCUT2D eigenvalue weighted by Gasteiger charge is -2.40. The number of aromatic nitrogens is 2. The van der Waals surface area contributed by atoms with E-state index >= 15 is 4.39 Å². The summed E-state index contributed by atoms with van der Waals surface area (Å²) in [6.45, 7) is 12.3. The fourth-order valence-electron chi connectivity index (χ4n) is 4.78. The first-order chi connectivity index (χ1) is 17.4. The van der Waals surface area contributed by atoms with E-state index in [0.717, 1.165) is 0 Å². The SMILES string of the molecule is [C-]#[N+]C[C@H]1CN(c2ccnc3c(F)c(-c4cccc5ccc(F)c(Cl)c45)ncc23)CCN1C(=O)C=C. The zero-order valence-electron chi connectivity index (χ0n) is 19.1. The predicted octanol–water partition coefficient (Wildman–Crippen LogP) is 5.50. The second kappa shape index (κ2) is 9.51. The number of hydrogen-bond donors (Lipinski definition) is 0. The van der Waals surface area contributed by atoms with Crippen LogP contribution in [-0.4, -0.2) is 53.0 Å². The fourth-order valence-corrected chi connectivity index (χ4v) is 5.05. The molecule has 0 N–H and O–H groups in total. The summed E-state index contributed by atoms with van der Waals surface area (Å²) in [4.78, 5) is 28.1. The van der Waals surface area contributed by atoms with Gasteiger partial charge in [0.15, 0.2) is 5.82 Å². The van der Waals surface area contributed by atoms with Crippen molar-refractivity contribution in [3.8, 4) is 11.3 Å². The first kappa shape index (κ1) is 23.6. The number of carbonyl (C=O) groups excluding carboxylic acids is 1. The molecule has 1 amide bonds. The Morgan fingerprint density at radius 1 is 1.22 bits per heavy atom. The van der Waals surface area contributed by atoms with E-state index in [1.165, 1.54) is 18.3 Å². The molecule has 0 aliphatic carbocycles. The van der Waals surface area contributed by atoms with E-state index in [9.17, 15) is 9.18 Å². The van der Waals surface area contributed by atoms with Gasteiger partial charge >= 0.3 is 0 Å². The van der Waals surface area contributed by atoms with Crippen molar-refractivity contribution in [2.75, 3.05) is 31.1 Å². The Kier molecular flexibility index (Phi) is 6.25. The molecular weight excluding hydrogens is 484 g/mol. The number of rotatable bonds is 4. The van der Waals surface area contributed by atoms with Gasteiger partial charge in [0.1, 0.15) is 23.1 Å². The van der Waals surface area contributed by atoms with Crippen LogP contribution in [0.25, 0.3) is 37.8 Å². The third-order valence-corrected chi connectivity index (χ3v) is 6.85. The standard InChI is InChI=1S/C27H20ClF2N5O/c1-3-22(36)35-12-11-34(15-17(35)13-31-2)21-9-10-32-27-19(21)14-33-26(25(27)30)18-6-4-5-16-7-8-20(29)24(28)23(16)18/h3-10,14,17H,1,11-13,15H2/t17-/m0/s1. The molecule has 4 aromatic rings. The second-order valence-electron chi connectivity index (χ2n) is 8.45. The molecule has 5 rings (SSSR count). The Labute approximate surface area is 211 Å². The minimum absolute atomic E-state index is 0.0255. The Morgan fingerprint density at radius 2 is 2.06 bits per heavy atom. The molecule has 1 atom stereocenters. The van der Waals surface area contributed by atoms with Gasteiger partial charge in [0, 0.05) is 54.1 Å². The Morgan fingerprint density at radius 3 is 2.83 bits per heavy atom. The zero-order chi connectivity index (χ0) is 25.4. The number of carbonyl (C=O) groups is 1. The van der Waals surface area contributed by atoms with Crippen LogP contribution in [0.5, 0.6) is 0 Å². The van der Waals surface area contributed by atoms with Gasteiger partial charge in [-0.25, -0.2) is 15.4 Å². The normalized spacial score (nSPS) is 15.8. The minimum Gasteiger partial charge on any atom is -0.367 e. The molecule has 3 heterocycles. The van der Waals surface area contributed by atoms with Crippen molar-refractivity contribution >= 4 is 44.9 Å². The number of amides is 1. The van der Waals surface area contributed by atoms with Crippen LogP contribution in [0.3, 0.4) is 0 Å². The highest BCUT2D eigenvalue weighted by molar-refractivity contribution is 6.36. The monoisotopic (exact) mass is 503 g/mol. The van der Waals surface area contributed by atoms with Crippen molar-refractivity contribution in [1.29, 1.82) is 0 Å².